The average molecular weight is 376 g/mol. The molecule has 2 aromatic heterocycles. The second-order valence-corrected chi connectivity index (χ2v) is 6.96. The Bertz CT molecular complexity index is 1210. The molecule has 0 amide bonds. The Hall–Kier alpha value is -3.38. The third-order valence-corrected chi connectivity index (χ3v) is 5.38. The predicted octanol–water partition coefficient (Wildman–Crippen LogP) is 3.87. The van der Waals surface area contributed by atoms with E-state index in [1.54, 1.807) is 34.9 Å². The number of benzene rings is 2. The van der Waals surface area contributed by atoms with Crippen LogP contribution in [0.15, 0.2) is 71.5 Å². The van der Waals surface area contributed by atoms with E-state index in [4.69, 9.17) is 10.5 Å². The van der Waals surface area contributed by atoms with Crippen molar-refractivity contribution in [2.75, 3.05) is 12.8 Å². The van der Waals surface area contributed by atoms with Gasteiger partial charge in [0.2, 0.25) is 0 Å². The molecule has 134 valence electrons. The Kier molecular flexibility index (Phi) is 4.25. The number of fused-ring (bicyclic) bond motifs is 1. The van der Waals surface area contributed by atoms with E-state index in [2.05, 4.69) is 0 Å². The monoisotopic (exact) mass is 376 g/mol. The number of carbonyl (C=O) groups is 1. The van der Waals surface area contributed by atoms with Crippen molar-refractivity contribution in [2.45, 2.75) is 0 Å². The number of ether oxygens (including phenoxy) is 1. The molecule has 0 aliphatic carbocycles. The summed E-state index contributed by atoms with van der Waals surface area (Å²) in [6, 6.07) is 19.4. The number of nitrogens with zero attached hydrogens (tertiary/aromatic N) is 1. The van der Waals surface area contributed by atoms with Crippen molar-refractivity contribution in [3.63, 3.8) is 0 Å². The van der Waals surface area contributed by atoms with Crippen LogP contribution >= 0.6 is 11.3 Å². The Morgan fingerprint density at radius 1 is 1.00 bits per heavy atom. The van der Waals surface area contributed by atoms with E-state index < -0.39 is 0 Å². The summed E-state index contributed by atoms with van der Waals surface area (Å²) in [4.78, 5) is 26.4. The number of rotatable bonds is 4. The van der Waals surface area contributed by atoms with Gasteiger partial charge in [-0.2, -0.15) is 0 Å². The van der Waals surface area contributed by atoms with E-state index in [1.165, 1.54) is 24.5 Å². The van der Waals surface area contributed by atoms with Gasteiger partial charge in [0.25, 0.3) is 5.56 Å². The molecule has 27 heavy (non-hydrogen) atoms. The Labute approximate surface area is 159 Å². The van der Waals surface area contributed by atoms with Gasteiger partial charge < -0.3 is 10.5 Å². The first kappa shape index (κ1) is 17.1. The zero-order chi connectivity index (χ0) is 19.0. The van der Waals surface area contributed by atoms with Crippen LogP contribution in [-0.4, -0.2) is 17.5 Å². The maximum atomic E-state index is 13.2. The molecular formula is C21H16N2O3S. The van der Waals surface area contributed by atoms with Gasteiger partial charge >= 0.3 is 0 Å². The topological polar surface area (TPSA) is 74.3 Å². The summed E-state index contributed by atoms with van der Waals surface area (Å²) in [6.07, 6.45) is 0. The molecule has 0 spiro atoms. The van der Waals surface area contributed by atoms with Crippen molar-refractivity contribution < 1.29 is 9.53 Å². The van der Waals surface area contributed by atoms with Gasteiger partial charge in [-0.1, -0.05) is 41.7 Å². The van der Waals surface area contributed by atoms with Crippen LogP contribution in [0.5, 0.6) is 5.75 Å². The van der Waals surface area contributed by atoms with E-state index in [1.807, 2.05) is 30.3 Å². The van der Waals surface area contributed by atoms with Gasteiger partial charge in [-0.25, -0.2) is 0 Å². The van der Waals surface area contributed by atoms with Crippen LogP contribution < -0.4 is 16.0 Å². The number of methoxy groups -OCH3 is 1. The molecule has 0 fully saturated rings. The number of nitrogen functional groups attached to an aromatic ring is 1. The molecule has 0 aliphatic heterocycles. The maximum absolute atomic E-state index is 13.2. The minimum atomic E-state index is -0.227. The van der Waals surface area contributed by atoms with Crippen molar-refractivity contribution >= 4 is 32.3 Å². The molecule has 0 saturated carbocycles. The third-order valence-electron chi connectivity index (χ3n) is 4.36. The molecule has 0 saturated heterocycles. The lowest BCUT2D eigenvalue weighted by molar-refractivity contribution is 0.103. The summed E-state index contributed by atoms with van der Waals surface area (Å²) < 4.78 is 6.89. The van der Waals surface area contributed by atoms with Crippen LogP contribution in [0.2, 0.25) is 0 Å². The Balaban J connectivity index is 1.98. The highest BCUT2D eigenvalue weighted by Gasteiger charge is 2.23. The molecule has 0 aliphatic rings. The van der Waals surface area contributed by atoms with E-state index in [-0.39, 0.29) is 11.3 Å². The molecular weight excluding hydrogens is 360 g/mol. The Morgan fingerprint density at radius 2 is 1.70 bits per heavy atom. The second kappa shape index (κ2) is 6.74. The zero-order valence-electron chi connectivity index (χ0n) is 14.5. The fourth-order valence-electron chi connectivity index (χ4n) is 3.12. The van der Waals surface area contributed by atoms with Gasteiger partial charge in [0.15, 0.2) is 5.78 Å². The molecule has 2 aromatic carbocycles. The molecule has 5 nitrogen and oxygen atoms in total. The lowest BCUT2D eigenvalue weighted by atomic mass is 10.0. The van der Waals surface area contributed by atoms with E-state index in [0.717, 1.165) is 5.69 Å². The number of aromatic nitrogens is 1. The summed E-state index contributed by atoms with van der Waals surface area (Å²) in [6.45, 7) is 0. The number of carbonyl (C=O) groups excluding carboxylic acids is 1. The van der Waals surface area contributed by atoms with Crippen molar-refractivity contribution in [3.8, 4) is 11.4 Å². The van der Waals surface area contributed by atoms with Crippen molar-refractivity contribution in [2.24, 2.45) is 0 Å². The van der Waals surface area contributed by atoms with Gasteiger partial charge in [-0.15, -0.1) is 0 Å². The van der Waals surface area contributed by atoms with Crippen LogP contribution in [0.1, 0.15) is 15.9 Å². The van der Waals surface area contributed by atoms with E-state index in [0.29, 0.717) is 32.1 Å². The Morgan fingerprint density at radius 3 is 2.44 bits per heavy atom. The molecule has 0 bridgehead atoms. The summed E-state index contributed by atoms with van der Waals surface area (Å²) in [5, 5.41) is 1.02. The highest BCUT2D eigenvalue weighted by molar-refractivity contribution is 7.22. The predicted molar refractivity (Wildman–Crippen MR) is 108 cm³/mol. The van der Waals surface area contributed by atoms with Crippen LogP contribution in [0.4, 0.5) is 5.00 Å². The number of hydrogen-bond acceptors (Lipinski definition) is 5. The van der Waals surface area contributed by atoms with Crippen LogP contribution in [-0.2, 0) is 0 Å². The average Bonchev–Trinajstić information content (AvgIpc) is 3.03. The first-order valence-corrected chi connectivity index (χ1v) is 9.10. The van der Waals surface area contributed by atoms with Crippen molar-refractivity contribution in [1.29, 1.82) is 0 Å². The molecule has 2 N–H and O–H groups in total. The first-order chi connectivity index (χ1) is 13.1. The SMILES string of the molecule is COc1ccccc1C(=O)c1c(N)sc2c1ccc(=O)n2-c1ccccc1. The van der Waals surface area contributed by atoms with Crippen LogP contribution in [0.25, 0.3) is 15.9 Å². The minimum Gasteiger partial charge on any atom is -0.496 e. The quantitative estimate of drug-likeness (QED) is 0.549. The van der Waals surface area contributed by atoms with Gasteiger partial charge in [0.1, 0.15) is 10.6 Å². The number of anilines is 1. The smallest absolute Gasteiger partial charge is 0.256 e. The van der Waals surface area contributed by atoms with Crippen LogP contribution in [0.3, 0.4) is 0 Å². The maximum Gasteiger partial charge on any atom is 0.256 e. The van der Waals surface area contributed by atoms with Gasteiger partial charge in [-0.05, 0) is 30.3 Å². The van der Waals surface area contributed by atoms with Crippen LogP contribution in [0, 0.1) is 0 Å². The van der Waals surface area contributed by atoms with Crippen molar-refractivity contribution in [3.05, 3.63) is 88.2 Å². The largest absolute Gasteiger partial charge is 0.496 e. The van der Waals surface area contributed by atoms with Gasteiger partial charge in [-0.3, -0.25) is 14.2 Å². The number of para-hydroxylation sites is 2. The fraction of sp³-hybridized carbons (Fsp3) is 0.0476. The number of nitrogens with two attached hydrogens (primary N) is 1. The molecule has 0 atom stereocenters. The van der Waals surface area contributed by atoms with E-state index >= 15 is 0 Å². The lowest BCUT2D eigenvalue weighted by Gasteiger charge is -2.08. The third kappa shape index (κ3) is 2.80. The number of thiophene rings is 1. The number of pyridine rings is 1. The molecule has 0 unspecified atom stereocenters. The first-order valence-electron chi connectivity index (χ1n) is 8.29. The number of hydrogen-bond donors (Lipinski definition) is 1. The summed E-state index contributed by atoms with van der Waals surface area (Å²) >= 11 is 1.23. The molecule has 4 rings (SSSR count). The molecule has 0 radical (unpaired) electrons. The summed E-state index contributed by atoms with van der Waals surface area (Å²) in [5.41, 5.74) is 7.60. The lowest BCUT2D eigenvalue weighted by Crippen LogP contribution is -2.16. The van der Waals surface area contributed by atoms with Gasteiger partial charge in [0.05, 0.1) is 28.9 Å². The second-order valence-electron chi connectivity index (χ2n) is 5.93. The molecule has 6 heteroatoms. The van der Waals surface area contributed by atoms with Gasteiger partial charge in [0, 0.05) is 11.5 Å². The zero-order valence-corrected chi connectivity index (χ0v) is 15.3. The minimum absolute atomic E-state index is 0.175. The van der Waals surface area contributed by atoms with E-state index in [9.17, 15) is 9.59 Å². The molecule has 2 heterocycles. The fourth-order valence-corrected chi connectivity index (χ4v) is 4.20. The highest BCUT2D eigenvalue weighted by Crippen LogP contribution is 2.36. The summed E-state index contributed by atoms with van der Waals surface area (Å²) in [7, 11) is 1.52. The van der Waals surface area contributed by atoms with Crippen molar-refractivity contribution in [1.82, 2.24) is 4.57 Å². The molecule has 4 aromatic rings. The highest BCUT2D eigenvalue weighted by atomic mass is 32.1. The number of ketones is 1. The standard InChI is InChI=1S/C21H16N2O3S/c1-26-16-10-6-5-9-14(16)19(25)18-15-11-12-17(24)23(21(15)27-20(18)22)13-7-3-2-4-8-13/h2-12H,22H2,1H3. The summed E-state index contributed by atoms with van der Waals surface area (Å²) in [5.74, 6) is 0.257. The normalized spacial score (nSPS) is 10.9.